The minimum absolute atomic E-state index is 0. The molecule has 2 aromatic heterocycles. The summed E-state index contributed by atoms with van der Waals surface area (Å²) in [6.45, 7) is 1.43. The first kappa shape index (κ1) is 23.9. The highest BCUT2D eigenvalue weighted by Crippen LogP contribution is 2.37. The Hall–Kier alpha value is -3.29. The Labute approximate surface area is 201 Å². The highest BCUT2D eigenvalue weighted by Gasteiger charge is 2.33. The third-order valence-corrected chi connectivity index (χ3v) is 6.24. The van der Waals surface area contributed by atoms with Crippen LogP contribution in [0.15, 0.2) is 60.8 Å². The molecule has 4 aromatic rings. The van der Waals surface area contributed by atoms with Crippen molar-refractivity contribution < 1.29 is 23.4 Å². The van der Waals surface area contributed by atoms with Crippen LogP contribution in [0.1, 0.15) is 45.2 Å². The van der Waals surface area contributed by atoms with E-state index in [0.717, 1.165) is 11.1 Å². The maximum absolute atomic E-state index is 14.0. The molecule has 34 heavy (non-hydrogen) atoms. The minimum Gasteiger partial charge on any atom is -0.485 e. The molecule has 1 N–H and O–H groups in total. The molecular weight excluding hydrogens is 462 g/mol. The molecular formula is C26H23ClF2N2O3. The average Bonchev–Trinajstić information content (AvgIpc) is 3.29. The fraction of sp³-hybridized carbons (Fsp3) is 0.231. The number of pyridine rings is 1. The van der Waals surface area contributed by atoms with Crippen molar-refractivity contribution in [3.8, 4) is 5.75 Å². The van der Waals surface area contributed by atoms with E-state index in [-0.39, 0.29) is 42.7 Å². The minimum atomic E-state index is -0.687. The van der Waals surface area contributed by atoms with Crippen LogP contribution in [0, 0.1) is 18.6 Å². The lowest BCUT2D eigenvalue weighted by Gasteiger charge is -2.15. The molecule has 0 fully saturated rings. The summed E-state index contributed by atoms with van der Waals surface area (Å²) in [5.41, 5.74) is 3.21. The van der Waals surface area contributed by atoms with Gasteiger partial charge in [0.2, 0.25) is 0 Å². The van der Waals surface area contributed by atoms with Gasteiger partial charge in [0.25, 0.3) is 0 Å². The van der Waals surface area contributed by atoms with Gasteiger partial charge >= 0.3 is 0 Å². The van der Waals surface area contributed by atoms with Crippen molar-refractivity contribution in [3.63, 3.8) is 0 Å². The Kier molecular flexibility index (Phi) is 6.68. The van der Waals surface area contributed by atoms with Crippen LogP contribution in [0.5, 0.6) is 5.75 Å². The first-order valence-electron chi connectivity index (χ1n) is 10.8. The molecule has 0 unspecified atom stereocenters. The standard InChI is InChI=1S/C26H22F2N2O3.ClH/c1-15-25(23(32)13-18-17-7-3-2-6-16(17)12-22(18)31)30-11-5-10-24(26(30)29-15)33-14-19-20(27)8-4-9-21(19)28;/h2-11,18,22,31H,12-14H2,1H3;1H/t18-,22+;/m1./s1. The number of aliphatic hydroxyl groups is 1. The number of Topliss-reactive ketones (excluding diaryl/α,β-unsaturated/α-hetero) is 1. The molecule has 0 saturated carbocycles. The number of halogens is 3. The van der Waals surface area contributed by atoms with E-state index in [1.807, 2.05) is 24.3 Å². The van der Waals surface area contributed by atoms with Gasteiger partial charge in [0.05, 0.1) is 17.4 Å². The van der Waals surface area contributed by atoms with Crippen LogP contribution >= 0.6 is 12.4 Å². The Morgan fingerprint density at radius 3 is 2.62 bits per heavy atom. The summed E-state index contributed by atoms with van der Waals surface area (Å²) in [6.07, 6.45) is 1.78. The Bertz CT molecular complexity index is 1350. The van der Waals surface area contributed by atoms with E-state index in [9.17, 15) is 18.7 Å². The molecule has 1 aliphatic carbocycles. The van der Waals surface area contributed by atoms with Crippen LogP contribution in [0.2, 0.25) is 0 Å². The quantitative estimate of drug-likeness (QED) is 0.382. The second-order valence-electron chi connectivity index (χ2n) is 8.30. The van der Waals surface area contributed by atoms with Gasteiger partial charge in [0.15, 0.2) is 17.2 Å². The van der Waals surface area contributed by atoms with E-state index in [1.165, 1.54) is 18.2 Å². The average molecular weight is 485 g/mol. The van der Waals surface area contributed by atoms with E-state index in [4.69, 9.17) is 4.74 Å². The summed E-state index contributed by atoms with van der Waals surface area (Å²) in [5.74, 6) is -1.48. The molecule has 176 valence electrons. The van der Waals surface area contributed by atoms with E-state index in [1.54, 1.807) is 29.7 Å². The Balaban J connectivity index is 0.00000274. The predicted molar refractivity (Wildman–Crippen MR) is 126 cm³/mol. The second-order valence-corrected chi connectivity index (χ2v) is 8.30. The molecule has 2 aromatic carbocycles. The van der Waals surface area contributed by atoms with Crippen molar-refractivity contribution in [1.82, 2.24) is 9.38 Å². The Morgan fingerprint density at radius 2 is 1.85 bits per heavy atom. The zero-order valence-corrected chi connectivity index (χ0v) is 19.2. The van der Waals surface area contributed by atoms with Crippen molar-refractivity contribution in [2.24, 2.45) is 0 Å². The molecule has 5 rings (SSSR count). The Morgan fingerprint density at radius 1 is 1.12 bits per heavy atom. The molecule has 0 spiro atoms. The van der Waals surface area contributed by atoms with Gasteiger partial charge in [-0.3, -0.25) is 9.20 Å². The first-order valence-corrected chi connectivity index (χ1v) is 10.8. The smallest absolute Gasteiger partial charge is 0.182 e. The molecule has 2 atom stereocenters. The lowest BCUT2D eigenvalue weighted by molar-refractivity contribution is 0.0915. The fourth-order valence-corrected chi connectivity index (χ4v) is 4.62. The molecule has 0 amide bonds. The van der Waals surface area contributed by atoms with Gasteiger partial charge in [0, 0.05) is 18.5 Å². The SMILES string of the molecule is Cc1nc2c(OCc3c(F)cccc3F)cccn2c1C(=O)C[C@@H]1c2ccccc2C[C@@H]1O.Cl. The van der Waals surface area contributed by atoms with E-state index < -0.39 is 17.7 Å². The van der Waals surface area contributed by atoms with Crippen LogP contribution in [0.3, 0.4) is 0 Å². The zero-order valence-electron chi connectivity index (χ0n) is 18.4. The largest absolute Gasteiger partial charge is 0.485 e. The molecule has 2 heterocycles. The predicted octanol–water partition coefficient (Wildman–Crippen LogP) is 5.20. The fourth-order valence-electron chi connectivity index (χ4n) is 4.62. The molecule has 1 aliphatic rings. The van der Waals surface area contributed by atoms with Crippen LogP contribution in [0.25, 0.3) is 5.65 Å². The summed E-state index contributed by atoms with van der Waals surface area (Å²) < 4.78 is 35.3. The third-order valence-electron chi connectivity index (χ3n) is 6.24. The molecule has 0 saturated heterocycles. The van der Waals surface area contributed by atoms with E-state index >= 15 is 0 Å². The number of benzene rings is 2. The summed E-state index contributed by atoms with van der Waals surface area (Å²) in [5, 5.41) is 10.6. The van der Waals surface area contributed by atoms with Crippen molar-refractivity contribution in [2.75, 3.05) is 0 Å². The number of nitrogens with zero attached hydrogens (tertiary/aromatic N) is 2. The van der Waals surface area contributed by atoms with Crippen LogP contribution in [-0.4, -0.2) is 26.4 Å². The number of hydrogen-bond donors (Lipinski definition) is 1. The molecule has 0 aliphatic heterocycles. The first-order chi connectivity index (χ1) is 15.9. The number of hydrogen-bond acceptors (Lipinski definition) is 4. The van der Waals surface area contributed by atoms with Crippen molar-refractivity contribution >= 4 is 23.8 Å². The number of carbonyl (C=O) groups excluding carboxylic acids is 1. The summed E-state index contributed by atoms with van der Waals surface area (Å²) in [6, 6.07) is 14.8. The molecule has 0 radical (unpaired) electrons. The summed E-state index contributed by atoms with van der Waals surface area (Å²) >= 11 is 0. The highest BCUT2D eigenvalue weighted by atomic mass is 35.5. The summed E-state index contributed by atoms with van der Waals surface area (Å²) in [7, 11) is 0. The van der Waals surface area contributed by atoms with Gasteiger partial charge in [-0.1, -0.05) is 30.3 Å². The zero-order chi connectivity index (χ0) is 23.1. The second kappa shape index (κ2) is 9.52. The maximum Gasteiger partial charge on any atom is 0.182 e. The number of aromatic nitrogens is 2. The topological polar surface area (TPSA) is 63.8 Å². The number of ether oxygens (including phenoxy) is 1. The monoisotopic (exact) mass is 484 g/mol. The van der Waals surface area contributed by atoms with Gasteiger partial charge in [-0.2, -0.15) is 0 Å². The van der Waals surface area contributed by atoms with Gasteiger partial charge in [-0.15, -0.1) is 12.4 Å². The number of fused-ring (bicyclic) bond motifs is 2. The highest BCUT2D eigenvalue weighted by molar-refractivity contribution is 5.97. The van der Waals surface area contributed by atoms with Crippen molar-refractivity contribution in [1.29, 1.82) is 0 Å². The number of aryl methyl sites for hydroxylation is 1. The van der Waals surface area contributed by atoms with E-state index in [2.05, 4.69) is 4.98 Å². The number of rotatable bonds is 6. The van der Waals surface area contributed by atoms with Gasteiger partial charge < -0.3 is 9.84 Å². The third kappa shape index (κ3) is 4.17. The number of aliphatic hydroxyl groups excluding tert-OH is 1. The van der Waals surface area contributed by atoms with Gasteiger partial charge in [0.1, 0.15) is 23.9 Å². The van der Waals surface area contributed by atoms with Gasteiger partial charge in [-0.25, -0.2) is 13.8 Å². The van der Waals surface area contributed by atoms with Crippen molar-refractivity contribution in [3.05, 3.63) is 101 Å². The molecule has 8 heteroatoms. The van der Waals surface area contributed by atoms with Crippen LogP contribution < -0.4 is 4.74 Å². The van der Waals surface area contributed by atoms with Crippen LogP contribution in [-0.2, 0) is 13.0 Å². The molecule has 0 bridgehead atoms. The van der Waals surface area contributed by atoms with E-state index in [0.29, 0.717) is 29.2 Å². The van der Waals surface area contributed by atoms with Crippen molar-refractivity contribution in [2.45, 2.75) is 38.4 Å². The normalized spacial score (nSPS) is 16.8. The number of carbonyl (C=O) groups is 1. The number of ketones is 1. The number of imidazole rings is 1. The summed E-state index contributed by atoms with van der Waals surface area (Å²) in [4.78, 5) is 17.8. The van der Waals surface area contributed by atoms with Crippen LogP contribution in [0.4, 0.5) is 8.78 Å². The molecule has 5 nitrogen and oxygen atoms in total. The maximum atomic E-state index is 14.0. The van der Waals surface area contributed by atoms with Gasteiger partial charge in [-0.05, 0) is 48.7 Å². The lowest BCUT2D eigenvalue weighted by atomic mass is 9.93. The lowest BCUT2D eigenvalue weighted by Crippen LogP contribution is -2.18.